The highest BCUT2D eigenvalue weighted by atomic mass is 16.5. The molecule has 1 rings (SSSR count). The minimum Gasteiger partial charge on any atom is -0.466 e. The van der Waals surface area contributed by atoms with Crippen molar-refractivity contribution < 1.29 is 19.1 Å². The fourth-order valence-corrected chi connectivity index (χ4v) is 2.28. The molecule has 0 heterocycles. The van der Waals surface area contributed by atoms with Crippen LogP contribution in [0.15, 0.2) is 12.1 Å². The summed E-state index contributed by atoms with van der Waals surface area (Å²) in [4.78, 5) is 23.1. The zero-order valence-corrected chi connectivity index (χ0v) is 13.9. The third-order valence-corrected chi connectivity index (χ3v) is 3.39. The van der Waals surface area contributed by atoms with Gasteiger partial charge in [0.25, 0.3) is 0 Å². The molecule has 0 saturated heterocycles. The maximum atomic E-state index is 11.5. The molecule has 0 N–H and O–H groups in total. The SMILES string of the molecule is CCOC(=O)CCc1cc(C#N)c(C#N)cc1CCC(=O)OCC. The molecule has 0 bridgehead atoms. The van der Waals surface area contributed by atoms with Gasteiger partial charge in [0.2, 0.25) is 0 Å². The first kappa shape index (κ1) is 19.2. The molecule has 1 aromatic rings. The molecule has 0 aliphatic heterocycles. The Hall–Kier alpha value is -2.86. The van der Waals surface area contributed by atoms with E-state index < -0.39 is 0 Å². The number of carbonyl (C=O) groups excluding carboxylic acids is 2. The molecule has 6 heteroatoms. The predicted molar refractivity (Wildman–Crippen MR) is 85.8 cm³/mol. The Morgan fingerprint density at radius 2 is 1.25 bits per heavy atom. The lowest BCUT2D eigenvalue weighted by Crippen LogP contribution is -2.09. The number of ether oxygens (including phenoxy) is 2. The van der Waals surface area contributed by atoms with Crippen LogP contribution in [0.3, 0.4) is 0 Å². The molecule has 126 valence electrons. The smallest absolute Gasteiger partial charge is 0.306 e. The van der Waals surface area contributed by atoms with E-state index in [4.69, 9.17) is 20.0 Å². The Morgan fingerprint density at radius 1 is 0.875 bits per heavy atom. The van der Waals surface area contributed by atoms with Gasteiger partial charge in [0.1, 0.15) is 12.1 Å². The van der Waals surface area contributed by atoms with Crippen LogP contribution in [0.4, 0.5) is 0 Å². The number of benzene rings is 1. The summed E-state index contributed by atoms with van der Waals surface area (Å²) in [6.45, 7) is 4.09. The van der Waals surface area contributed by atoms with Crippen LogP contribution in [0.2, 0.25) is 0 Å². The number of esters is 2. The summed E-state index contributed by atoms with van der Waals surface area (Å²) in [5.41, 5.74) is 2.05. The molecular formula is C18H20N2O4. The van der Waals surface area contributed by atoms with Gasteiger partial charge in [0.15, 0.2) is 0 Å². The summed E-state index contributed by atoms with van der Waals surface area (Å²) in [7, 11) is 0. The Morgan fingerprint density at radius 3 is 1.54 bits per heavy atom. The average molecular weight is 328 g/mol. The first-order valence-corrected chi connectivity index (χ1v) is 7.82. The number of rotatable bonds is 8. The second kappa shape index (κ2) is 10.0. The summed E-state index contributed by atoms with van der Waals surface area (Å²) >= 11 is 0. The molecule has 0 amide bonds. The van der Waals surface area contributed by atoms with Crippen LogP contribution >= 0.6 is 0 Å². The Balaban J connectivity index is 3.00. The molecule has 24 heavy (non-hydrogen) atoms. The van der Waals surface area contributed by atoms with Crippen molar-refractivity contribution >= 4 is 11.9 Å². The fourth-order valence-electron chi connectivity index (χ4n) is 2.28. The molecule has 0 radical (unpaired) electrons. The highest BCUT2D eigenvalue weighted by Gasteiger charge is 2.13. The third kappa shape index (κ3) is 5.73. The molecular weight excluding hydrogens is 308 g/mol. The van der Waals surface area contributed by atoms with Crippen molar-refractivity contribution in [3.63, 3.8) is 0 Å². The summed E-state index contributed by atoms with van der Waals surface area (Å²) in [5, 5.41) is 18.3. The van der Waals surface area contributed by atoms with E-state index in [0.717, 1.165) is 11.1 Å². The first-order chi connectivity index (χ1) is 11.5. The average Bonchev–Trinajstić information content (AvgIpc) is 2.58. The van der Waals surface area contributed by atoms with Crippen molar-refractivity contribution in [2.75, 3.05) is 13.2 Å². The largest absolute Gasteiger partial charge is 0.466 e. The number of carbonyl (C=O) groups is 2. The Bertz CT molecular complexity index is 624. The van der Waals surface area contributed by atoms with Crippen molar-refractivity contribution in [3.05, 3.63) is 34.4 Å². The molecule has 0 spiro atoms. The zero-order valence-electron chi connectivity index (χ0n) is 13.9. The summed E-state index contributed by atoms with van der Waals surface area (Å²) in [6, 6.07) is 7.18. The maximum Gasteiger partial charge on any atom is 0.306 e. The van der Waals surface area contributed by atoms with Gasteiger partial charge in [0, 0.05) is 12.8 Å². The van der Waals surface area contributed by atoms with Crippen molar-refractivity contribution in [2.24, 2.45) is 0 Å². The van der Waals surface area contributed by atoms with Gasteiger partial charge in [-0.05, 0) is 49.9 Å². The quantitative estimate of drug-likeness (QED) is 0.679. The lowest BCUT2D eigenvalue weighted by molar-refractivity contribution is -0.144. The molecule has 0 saturated carbocycles. The van der Waals surface area contributed by atoms with Gasteiger partial charge in [-0.15, -0.1) is 0 Å². The molecule has 0 aromatic heterocycles. The van der Waals surface area contributed by atoms with E-state index in [2.05, 4.69) is 0 Å². The summed E-state index contributed by atoms with van der Waals surface area (Å²) in [5.74, 6) is -0.645. The normalized spacial score (nSPS) is 9.67. The molecule has 1 aromatic carbocycles. The van der Waals surface area contributed by atoms with Gasteiger partial charge in [0.05, 0.1) is 24.3 Å². The number of hydrogen-bond acceptors (Lipinski definition) is 6. The van der Waals surface area contributed by atoms with Crippen LogP contribution in [0.25, 0.3) is 0 Å². The summed E-state index contributed by atoms with van der Waals surface area (Å²) < 4.78 is 9.81. The minimum atomic E-state index is -0.322. The van der Waals surface area contributed by atoms with E-state index in [1.165, 1.54) is 0 Å². The van der Waals surface area contributed by atoms with Crippen LogP contribution in [0.5, 0.6) is 0 Å². The molecule has 6 nitrogen and oxygen atoms in total. The third-order valence-electron chi connectivity index (χ3n) is 3.39. The van der Waals surface area contributed by atoms with E-state index in [1.54, 1.807) is 26.0 Å². The van der Waals surface area contributed by atoms with Crippen LogP contribution < -0.4 is 0 Å². The second-order valence-electron chi connectivity index (χ2n) is 5.00. The van der Waals surface area contributed by atoms with Crippen LogP contribution in [-0.2, 0) is 31.9 Å². The van der Waals surface area contributed by atoms with Crippen molar-refractivity contribution in [1.82, 2.24) is 0 Å². The predicted octanol–water partition coefficient (Wildman–Crippen LogP) is 2.42. The first-order valence-electron chi connectivity index (χ1n) is 7.82. The molecule has 0 atom stereocenters. The van der Waals surface area contributed by atoms with Crippen LogP contribution in [0.1, 0.15) is 48.9 Å². The molecule has 0 aliphatic rings. The van der Waals surface area contributed by atoms with Crippen molar-refractivity contribution in [3.8, 4) is 12.1 Å². The van der Waals surface area contributed by atoms with E-state index in [9.17, 15) is 9.59 Å². The zero-order chi connectivity index (χ0) is 17.9. The van der Waals surface area contributed by atoms with Gasteiger partial charge < -0.3 is 9.47 Å². The van der Waals surface area contributed by atoms with Gasteiger partial charge in [-0.1, -0.05) is 0 Å². The lowest BCUT2D eigenvalue weighted by Gasteiger charge is -2.11. The number of hydrogen-bond donors (Lipinski definition) is 0. The van der Waals surface area contributed by atoms with E-state index in [-0.39, 0.29) is 35.9 Å². The Kier molecular flexibility index (Phi) is 8.01. The van der Waals surface area contributed by atoms with E-state index >= 15 is 0 Å². The monoisotopic (exact) mass is 328 g/mol. The van der Waals surface area contributed by atoms with Crippen molar-refractivity contribution in [2.45, 2.75) is 39.5 Å². The number of nitrogens with zero attached hydrogens (tertiary/aromatic N) is 2. The topological polar surface area (TPSA) is 100 Å². The summed E-state index contributed by atoms with van der Waals surface area (Å²) in [6.07, 6.45) is 1.13. The second-order valence-corrected chi connectivity index (χ2v) is 5.00. The van der Waals surface area contributed by atoms with E-state index in [0.29, 0.717) is 26.1 Å². The van der Waals surface area contributed by atoms with Crippen LogP contribution in [-0.4, -0.2) is 25.2 Å². The van der Waals surface area contributed by atoms with Gasteiger partial charge in [-0.3, -0.25) is 9.59 Å². The van der Waals surface area contributed by atoms with E-state index in [1.807, 2.05) is 12.1 Å². The van der Waals surface area contributed by atoms with Gasteiger partial charge >= 0.3 is 11.9 Å². The Labute approximate surface area is 141 Å². The highest BCUT2D eigenvalue weighted by Crippen LogP contribution is 2.20. The molecule has 0 fully saturated rings. The minimum absolute atomic E-state index is 0.178. The maximum absolute atomic E-state index is 11.5. The lowest BCUT2D eigenvalue weighted by atomic mass is 9.94. The highest BCUT2D eigenvalue weighted by molar-refractivity contribution is 5.71. The molecule has 0 aliphatic carbocycles. The fraction of sp³-hybridized carbons (Fsp3) is 0.444. The number of aryl methyl sites for hydroxylation is 2. The number of nitriles is 2. The van der Waals surface area contributed by atoms with Gasteiger partial charge in [-0.25, -0.2) is 0 Å². The molecule has 0 unspecified atom stereocenters. The van der Waals surface area contributed by atoms with Gasteiger partial charge in [-0.2, -0.15) is 10.5 Å². The standard InChI is InChI=1S/C18H20N2O4/c1-3-23-17(21)7-5-13-9-15(11-19)16(12-20)10-14(13)6-8-18(22)24-4-2/h9-10H,3-8H2,1-2H3. The van der Waals surface area contributed by atoms with Crippen LogP contribution in [0, 0.1) is 22.7 Å². The van der Waals surface area contributed by atoms with Crippen molar-refractivity contribution in [1.29, 1.82) is 10.5 Å².